The summed E-state index contributed by atoms with van der Waals surface area (Å²) in [6, 6.07) is 13.2. The smallest absolute Gasteiger partial charge is 0.336 e. The molecule has 1 aromatic heterocycles. The summed E-state index contributed by atoms with van der Waals surface area (Å²) in [4.78, 5) is 26.6. The summed E-state index contributed by atoms with van der Waals surface area (Å²) in [5.41, 5.74) is 3.20. The Bertz CT molecular complexity index is 1160. The maximum absolute atomic E-state index is 12.4. The zero-order valence-electron chi connectivity index (χ0n) is 17.6. The number of benzene rings is 2. The van der Waals surface area contributed by atoms with Crippen molar-refractivity contribution in [2.75, 3.05) is 26.3 Å². The first-order chi connectivity index (χ1) is 15.1. The summed E-state index contributed by atoms with van der Waals surface area (Å²) in [7, 11) is 0. The minimum absolute atomic E-state index is 0.400. The molecule has 2 heterocycles. The van der Waals surface area contributed by atoms with Gasteiger partial charge in [0.2, 0.25) is 0 Å². The lowest BCUT2D eigenvalue weighted by molar-refractivity contribution is -0.132. The number of hydrogen-bond acceptors (Lipinski definition) is 6. The first-order valence-corrected chi connectivity index (χ1v) is 10.3. The van der Waals surface area contributed by atoms with Crippen LogP contribution in [0.3, 0.4) is 0 Å². The van der Waals surface area contributed by atoms with Crippen LogP contribution in [-0.4, -0.2) is 37.2 Å². The zero-order valence-corrected chi connectivity index (χ0v) is 17.6. The van der Waals surface area contributed by atoms with Crippen LogP contribution in [-0.2, 0) is 22.5 Å². The second-order valence-electron chi connectivity index (χ2n) is 7.54. The van der Waals surface area contributed by atoms with Gasteiger partial charge < -0.3 is 13.9 Å². The second-order valence-corrected chi connectivity index (χ2v) is 7.54. The van der Waals surface area contributed by atoms with E-state index in [0.717, 1.165) is 35.2 Å². The van der Waals surface area contributed by atoms with Gasteiger partial charge >= 0.3 is 11.6 Å². The van der Waals surface area contributed by atoms with Crippen molar-refractivity contribution in [3.63, 3.8) is 0 Å². The van der Waals surface area contributed by atoms with Gasteiger partial charge in [-0.25, -0.2) is 4.79 Å². The van der Waals surface area contributed by atoms with E-state index < -0.39 is 11.6 Å². The lowest BCUT2D eigenvalue weighted by atomic mass is 9.95. The lowest BCUT2D eigenvalue weighted by Gasteiger charge is -2.28. The van der Waals surface area contributed by atoms with E-state index >= 15 is 0 Å². The molecule has 0 bridgehead atoms. The van der Waals surface area contributed by atoms with Crippen LogP contribution in [0.25, 0.3) is 22.1 Å². The Hall–Kier alpha value is -3.22. The van der Waals surface area contributed by atoms with E-state index in [1.807, 2.05) is 36.4 Å². The van der Waals surface area contributed by atoms with Crippen LogP contribution in [0.15, 0.2) is 64.3 Å². The van der Waals surface area contributed by atoms with Gasteiger partial charge in [-0.2, -0.15) is 0 Å². The normalized spacial score (nSPS) is 14.5. The monoisotopic (exact) mass is 419 g/mol. The van der Waals surface area contributed by atoms with Crippen molar-refractivity contribution in [1.29, 1.82) is 0 Å². The molecule has 1 aliphatic heterocycles. The third-order valence-electron chi connectivity index (χ3n) is 5.33. The van der Waals surface area contributed by atoms with Crippen molar-refractivity contribution in [2.24, 2.45) is 0 Å². The number of ether oxygens (including phenoxy) is 2. The van der Waals surface area contributed by atoms with Crippen LogP contribution in [0.1, 0.15) is 18.1 Å². The molecule has 4 rings (SSSR count). The zero-order chi connectivity index (χ0) is 21.8. The molecule has 1 fully saturated rings. The highest BCUT2D eigenvalue weighted by molar-refractivity contribution is 5.97. The average molecular weight is 419 g/mol. The Kier molecular flexibility index (Phi) is 6.30. The van der Waals surface area contributed by atoms with Gasteiger partial charge in [0.1, 0.15) is 11.3 Å². The molecule has 6 heteroatoms. The highest BCUT2D eigenvalue weighted by atomic mass is 16.5. The highest BCUT2D eigenvalue weighted by Gasteiger charge is 2.22. The third-order valence-corrected chi connectivity index (χ3v) is 5.33. The van der Waals surface area contributed by atoms with Crippen molar-refractivity contribution in [3.8, 4) is 16.9 Å². The van der Waals surface area contributed by atoms with E-state index in [1.165, 1.54) is 13.0 Å². The number of esters is 1. The van der Waals surface area contributed by atoms with Gasteiger partial charge in [0.15, 0.2) is 0 Å². The first-order valence-electron chi connectivity index (χ1n) is 10.3. The average Bonchev–Trinajstić information content (AvgIpc) is 2.77. The molecule has 0 spiro atoms. The molecular weight excluding hydrogens is 394 g/mol. The van der Waals surface area contributed by atoms with Crippen LogP contribution < -0.4 is 10.4 Å². The number of hydrogen-bond donors (Lipinski definition) is 0. The molecule has 31 heavy (non-hydrogen) atoms. The van der Waals surface area contributed by atoms with E-state index in [1.54, 1.807) is 6.08 Å². The van der Waals surface area contributed by atoms with E-state index in [2.05, 4.69) is 11.5 Å². The predicted molar refractivity (Wildman–Crippen MR) is 119 cm³/mol. The van der Waals surface area contributed by atoms with Crippen molar-refractivity contribution in [2.45, 2.75) is 19.9 Å². The van der Waals surface area contributed by atoms with Crippen molar-refractivity contribution in [1.82, 2.24) is 4.90 Å². The second kappa shape index (κ2) is 9.29. The minimum atomic E-state index is -0.452. The molecule has 1 saturated heterocycles. The number of morpholine rings is 1. The van der Waals surface area contributed by atoms with Crippen LogP contribution in [0, 0.1) is 0 Å². The number of allylic oxidation sites excluding steroid dienone is 1. The molecule has 0 saturated carbocycles. The fourth-order valence-electron chi connectivity index (χ4n) is 3.98. The van der Waals surface area contributed by atoms with Gasteiger partial charge in [-0.15, -0.1) is 6.58 Å². The Balaban J connectivity index is 1.98. The summed E-state index contributed by atoms with van der Waals surface area (Å²) < 4.78 is 16.8. The SMILES string of the molecule is C=CCc1c(OC(C)=O)c(CN2CCOCC2)cc2c(-c3ccccc3)cc(=O)oc12. The van der Waals surface area contributed by atoms with Gasteiger partial charge in [0.25, 0.3) is 0 Å². The number of carbonyl (C=O) groups is 1. The van der Waals surface area contributed by atoms with E-state index in [0.29, 0.717) is 43.1 Å². The largest absolute Gasteiger partial charge is 0.426 e. The topological polar surface area (TPSA) is 69.0 Å². The molecule has 0 atom stereocenters. The Morgan fingerprint density at radius 3 is 2.61 bits per heavy atom. The van der Waals surface area contributed by atoms with Crippen LogP contribution in [0.4, 0.5) is 0 Å². The fourth-order valence-corrected chi connectivity index (χ4v) is 3.98. The molecule has 3 aromatic rings. The van der Waals surface area contributed by atoms with Crippen molar-refractivity contribution < 1.29 is 18.7 Å². The maximum Gasteiger partial charge on any atom is 0.336 e. The molecule has 0 unspecified atom stereocenters. The van der Waals surface area contributed by atoms with Gasteiger partial charge in [-0.3, -0.25) is 9.69 Å². The van der Waals surface area contributed by atoms with E-state index in [4.69, 9.17) is 13.9 Å². The Morgan fingerprint density at radius 1 is 1.19 bits per heavy atom. The predicted octanol–water partition coefficient (Wildman–Crippen LogP) is 3.95. The molecule has 0 N–H and O–H groups in total. The summed E-state index contributed by atoms with van der Waals surface area (Å²) >= 11 is 0. The highest BCUT2D eigenvalue weighted by Crippen LogP contribution is 2.38. The third kappa shape index (κ3) is 4.60. The number of rotatable bonds is 6. The first kappa shape index (κ1) is 21.0. The standard InChI is InChI=1S/C25H25NO5/c1-3-7-20-24(30-17(2)27)19(16-26-10-12-29-13-11-26)14-22-21(15-23(28)31-25(20)22)18-8-5-4-6-9-18/h3-6,8-9,14-15H,1,7,10-13,16H2,2H3. The molecule has 0 radical (unpaired) electrons. The molecule has 6 nitrogen and oxygen atoms in total. The van der Waals surface area contributed by atoms with Crippen LogP contribution in [0.5, 0.6) is 5.75 Å². The molecule has 1 aliphatic rings. The summed E-state index contributed by atoms with van der Waals surface area (Å²) in [6.07, 6.45) is 2.12. The van der Waals surface area contributed by atoms with Gasteiger partial charge in [0, 0.05) is 49.1 Å². The fraction of sp³-hybridized carbons (Fsp3) is 0.280. The van der Waals surface area contributed by atoms with Crippen LogP contribution in [0.2, 0.25) is 0 Å². The molecule has 0 aliphatic carbocycles. The van der Waals surface area contributed by atoms with E-state index in [-0.39, 0.29) is 0 Å². The summed E-state index contributed by atoms with van der Waals surface area (Å²) in [5, 5.41) is 0.807. The van der Waals surface area contributed by atoms with Gasteiger partial charge in [-0.1, -0.05) is 36.4 Å². The minimum Gasteiger partial charge on any atom is -0.426 e. The Morgan fingerprint density at radius 2 is 1.94 bits per heavy atom. The molecular formula is C25H25NO5. The number of carbonyl (C=O) groups excluding carboxylic acids is 1. The number of fused-ring (bicyclic) bond motifs is 1. The van der Waals surface area contributed by atoms with Gasteiger partial charge in [0.05, 0.1) is 13.2 Å². The molecule has 0 amide bonds. The summed E-state index contributed by atoms with van der Waals surface area (Å²) in [5.74, 6) is 0.0224. The van der Waals surface area contributed by atoms with E-state index in [9.17, 15) is 9.59 Å². The van der Waals surface area contributed by atoms with Gasteiger partial charge in [-0.05, 0) is 23.6 Å². The molecule has 160 valence electrons. The number of nitrogens with zero attached hydrogens (tertiary/aromatic N) is 1. The maximum atomic E-state index is 12.4. The summed E-state index contributed by atoms with van der Waals surface area (Å²) in [6.45, 7) is 8.74. The lowest BCUT2D eigenvalue weighted by Crippen LogP contribution is -2.35. The van der Waals surface area contributed by atoms with Crippen LogP contribution >= 0.6 is 0 Å². The van der Waals surface area contributed by atoms with Crippen molar-refractivity contribution >= 4 is 16.9 Å². The van der Waals surface area contributed by atoms with Crippen molar-refractivity contribution in [3.05, 3.63) is 76.7 Å². The quantitative estimate of drug-likeness (QED) is 0.261. The Labute approximate surface area is 180 Å². The molecule has 2 aromatic carbocycles.